The Morgan fingerprint density at radius 2 is 2.19 bits per heavy atom. The molecule has 0 aliphatic carbocycles. The van der Waals surface area contributed by atoms with Crippen molar-refractivity contribution in [3.8, 4) is 0 Å². The molecule has 2 amide bonds. The molecule has 3 rings (SSSR count). The molecule has 0 unspecified atom stereocenters. The molecule has 2 heterocycles. The lowest BCUT2D eigenvalue weighted by Crippen LogP contribution is -2.40. The molecule has 1 aromatic rings. The number of aryl methyl sites for hydroxylation is 1. The maximum absolute atomic E-state index is 12.5. The Labute approximate surface area is 130 Å². The van der Waals surface area contributed by atoms with Crippen LogP contribution in [0.2, 0.25) is 0 Å². The van der Waals surface area contributed by atoms with Crippen LogP contribution >= 0.6 is 12.4 Å². The molecule has 21 heavy (non-hydrogen) atoms. The third kappa shape index (κ3) is 3.04. The number of benzene rings is 1. The fourth-order valence-electron chi connectivity index (χ4n) is 3.03. The van der Waals surface area contributed by atoms with Gasteiger partial charge in [-0.15, -0.1) is 12.4 Å². The van der Waals surface area contributed by atoms with Crippen molar-refractivity contribution in [2.24, 2.45) is 5.73 Å². The van der Waals surface area contributed by atoms with Crippen LogP contribution in [-0.4, -0.2) is 35.8 Å². The van der Waals surface area contributed by atoms with Gasteiger partial charge in [-0.2, -0.15) is 0 Å². The van der Waals surface area contributed by atoms with Crippen LogP contribution in [0.4, 0.5) is 5.69 Å². The Hall–Kier alpha value is -1.59. The first kappa shape index (κ1) is 15.8. The second-order valence-corrected chi connectivity index (χ2v) is 5.45. The van der Waals surface area contributed by atoms with Crippen molar-refractivity contribution in [1.29, 1.82) is 0 Å². The number of fused-ring (bicyclic) bond motifs is 1. The predicted octanol–water partition coefficient (Wildman–Crippen LogP) is 1.56. The average Bonchev–Trinajstić information content (AvgIpc) is 2.94. The Balaban J connectivity index is 0.00000161. The van der Waals surface area contributed by atoms with E-state index in [1.165, 1.54) is 0 Å². The van der Waals surface area contributed by atoms with Crippen molar-refractivity contribution in [3.05, 3.63) is 29.3 Å². The maximum atomic E-state index is 12.5. The fourth-order valence-corrected chi connectivity index (χ4v) is 3.03. The van der Waals surface area contributed by atoms with E-state index >= 15 is 0 Å². The van der Waals surface area contributed by atoms with E-state index in [4.69, 9.17) is 5.73 Å². The van der Waals surface area contributed by atoms with E-state index < -0.39 is 0 Å². The highest BCUT2D eigenvalue weighted by Crippen LogP contribution is 2.26. The first-order valence-corrected chi connectivity index (χ1v) is 7.13. The normalized spacial score (nSPS) is 20.5. The van der Waals surface area contributed by atoms with Gasteiger partial charge in [0.1, 0.15) is 0 Å². The smallest absolute Gasteiger partial charge is 0.254 e. The van der Waals surface area contributed by atoms with Crippen molar-refractivity contribution >= 4 is 29.9 Å². The molecular weight excluding hydrogens is 290 g/mol. The van der Waals surface area contributed by atoms with Crippen LogP contribution in [0.1, 0.15) is 35.2 Å². The van der Waals surface area contributed by atoms with Crippen molar-refractivity contribution in [1.82, 2.24) is 4.90 Å². The summed E-state index contributed by atoms with van der Waals surface area (Å²) in [7, 11) is 0. The number of nitrogens with one attached hydrogen (secondary N) is 1. The molecule has 1 saturated heterocycles. The molecule has 114 valence electrons. The molecule has 5 nitrogen and oxygen atoms in total. The minimum Gasteiger partial charge on any atom is -0.334 e. The largest absolute Gasteiger partial charge is 0.334 e. The Morgan fingerprint density at radius 3 is 2.95 bits per heavy atom. The number of hydrogen-bond acceptors (Lipinski definition) is 3. The van der Waals surface area contributed by atoms with Crippen molar-refractivity contribution in [2.45, 2.75) is 31.7 Å². The van der Waals surface area contributed by atoms with Gasteiger partial charge in [-0.25, -0.2) is 0 Å². The van der Waals surface area contributed by atoms with Crippen LogP contribution in [0.5, 0.6) is 0 Å². The van der Waals surface area contributed by atoms with Gasteiger partial charge < -0.3 is 16.0 Å². The highest BCUT2D eigenvalue weighted by Gasteiger charge is 2.28. The van der Waals surface area contributed by atoms with Crippen LogP contribution < -0.4 is 11.1 Å². The lowest BCUT2D eigenvalue weighted by molar-refractivity contribution is -0.116. The molecule has 3 N–H and O–H groups in total. The highest BCUT2D eigenvalue weighted by atomic mass is 35.5. The summed E-state index contributed by atoms with van der Waals surface area (Å²) in [6, 6.07) is 5.69. The number of carbonyl (C=O) groups excluding carboxylic acids is 2. The molecule has 2 aliphatic heterocycles. The summed E-state index contributed by atoms with van der Waals surface area (Å²) in [4.78, 5) is 25.8. The van der Waals surface area contributed by atoms with Crippen LogP contribution in [-0.2, 0) is 11.2 Å². The van der Waals surface area contributed by atoms with Gasteiger partial charge in [0, 0.05) is 36.8 Å². The van der Waals surface area contributed by atoms with Gasteiger partial charge in [-0.05, 0) is 43.0 Å². The number of likely N-dealkylation sites (tertiary alicyclic amines) is 1. The molecule has 0 bridgehead atoms. The first-order valence-electron chi connectivity index (χ1n) is 7.13. The Morgan fingerprint density at radius 1 is 1.38 bits per heavy atom. The number of nitrogens with zero attached hydrogens (tertiary/aromatic N) is 1. The molecule has 0 radical (unpaired) electrons. The summed E-state index contributed by atoms with van der Waals surface area (Å²) < 4.78 is 0. The molecule has 0 spiro atoms. The van der Waals surface area contributed by atoms with Crippen LogP contribution in [0.3, 0.4) is 0 Å². The minimum atomic E-state index is 0. The molecular formula is C15H20ClN3O2. The first-order chi connectivity index (χ1) is 9.69. The third-order valence-corrected chi connectivity index (χ3v) is 4.16. The molecule has 2 aliphatic rings. The summed E-state index contributed by atoms with van der Waals surface area (Å²) in [5, 5.41) is 2.83. The monoisotopic (exact) mass is 309 g/mol. The highest BCUT2D eigenvalue weighted by molar-refractivity contribution is 5.98. The lowest BCUT2D eigenvalue weighted by Gasteiger charge is -2.24. The Kier molecular flexibility index (Phi) is 4.85. The van der Waals surface area contributed by atoms with Crippen LogP contribution in [0.15, 0.2) is 18.2 Å². The fraction of sp³-hybridized carbons (Fsp3) is 0.467. The number of anilines is 1. The molecule has 1 aromatic carbocycles. The topological polar surface area (TPSA) is 75.4 Å². The van der Waals surface area contributed by atoms with Crippen LogP contribution in [0, 0.1) is 0 Å². The van der Waals surface area contributed by atoms with Crippen LogP contribution in [0.25, 0.3) is 0 Å². The summed E-state index contributed by atoms with van der Waals surface area (Å²) >= 11 is 0. The van der Waals surface area contributed by atoms with E-state index in [9.17, 15) is 9.59 Å². The number of hydrogen-bond donors (Lipinski definition) is 2. The quantitative estimate of drug-likeness (QED) is 0.870. The standard InChI is InChI=1S/C15H19N3O2.ClH/c16-9-12-2-1-7-18(12)15(20)11-3-5-13-10(8-11)4-6-14(19)17-13;/h3,5,8,12H,1-2,4,6-7,9,16H2,(H,17,19);1H/t12-;/m0./s1. The SMILES string of the molecule is Cl.NC[C@@H]1CCCN1C(=O)c1ccc2c(c1)CCC(=O)N2. The molecule has 1 atom stereocenters. The number of rotatable bonds is 2. The molecule has 0 aromatic heterocycles. The molecule has 1 fully saturated rings. The number of amides is 2. The van der Waals surface area contributed by atoms with E-state index in [2.05, 4.69) is 5.32 Å². The second-order valence-electron chi connectivity index (χ2n) is 5.45. The van der Waals surface area contributed by atoms with Gasteiger partial charge in [0.05, 0.1) is 0 Å². The zero-order valence-corrected chi connectivity index (χ0v) is 12.6. The van der Waals surface area contributed by atoms with Crippen molar-refractivity contribution in [3.63, 3.8) is 0 Å². The van der Waals surface area contributed by atoms with E-state index in [1.807, 2.05) is 17.0 Å². The van der Waals surface area contributed by atoms with Gasteiger partial charge in [0.2, 0.25) is 5.91 Å². The zero-order chi connectivity index (χ0) is 14.1. The summed E-state index contributed by atoms with van der Waals surface area (Å²) in [5.74, 6) is 0.0944. The number of nitrogens with two attached hydrogens (primary N) is 1. The Bertz CT molecular complexity index is 562. The van der Waals surface area contributed by atoms with Gasteiger partial charge >= 0.3 is 0 Å². The summed E-state index contributed by atoms with van der Waals surface area (Å²) in [5.41, 5.74) is 8.29. The maximum Gasteiger partial charge on any atom is 0.254 e. The summed E-state index contributed by atoms with van der Waals surface area (Å²) in [6.07, 6.45) is 3.19. The third-order valence-electron chi connectivity index (χ3n) is 4.16. The van der Waals surface area contributed by atoms with Crippen molar-refractivity contribution in [2.75, 3.05) is 18.4 Å². The van der Waals surface area contributed by atoms with Gasteiger partial charge in [0.15, 0.2) is 0 Å². The molecule has 6 heteroatoms. The van der Waals surface area contributed by atoms with E-state index in [-0.39, 0.29) is 30.3 Å². The van der Waals surface area contributed by atoms with E-state index in [0.29, 0.717) is 24.9 Å². The van der Waals surface area contributed by atoms with Gasteiger partial charge in [-0.1, -0.05) is 0 Å². The number of halogens is 1. The van der Waals surface area contributed by atoms with Crippen molar-refractivity contribution < 1.29 is 9.59 Å². The zero-order valence-electron chi connectivity index (χ0n) is 11.8. The predicted molar refractivity (Wildman–Crippen MR) is 83.8 cm³/mol. The van der Waals surface area contributed by atoms with E-state index in [1.54, 1.807) is 6.07 Å². The summed E-state index contributed by atoms with van der Waals surface area (Å²) in [6.45, 7) is 1.31. The van der Waals surface area contributed by atoms with E-state index in [0.717, 1.165) is 30.6 Å². The van der Waals surface area contributed by atoms with Gasteiger partial charge in [0.25, 0.3) is 5.91 Å². The average molecular weight is 310 g/mol. The molecule has 0 saturated carbocycles. The minimum absolute atomic E-state index is 0. The van der Waals surface area contributed by atoms with Gasteiger partial charge in [-0.3, -0.25) is 9.59 Å². The number of carbonyl (C=O) groups is 2. The lowest BCUT2D eigenvalue weighted by atomic mass is 10.00. The second kappa shape index (κ2) is 6.45.